The number of piperidine rings is 1. The minimum Gasteiger partial charge on any atom is -0.379 e. The predicted octanol–water partition coefficient (Wildman–Crippen LogP) is 2.51. The van der Waals surface area contributed by atoms with Crippen LogP contribution in [0.3, 0.4) is 0 Å². The molecule has 0 spiro atoms. The molecular formula is C20H32N4O2. The zero-order valence-corrected chi connectivity index (χ0v) is 15.9. The van der Waals surface area contributed by atoms with Gasteiger partial charge >= 0.3 is 6.03 Å². The summed E-state index contributed by atoms with van der Waals surface area (Å²) in [7, 11) is 0. The van der Waals surface area contributed by atoms with Gasteiger partial charge in [0.15, 0.2) is 0 Å². The Bertz CT molecular complexity index is 575. The molecule has 6 heteroatoms. The van der Waals surface area contributed by atoms with Gasteiger partial charge in [-0.2, -0.15) is 0 Å². The van der Waals surface area contributed by atoms with Gasteiger partial charge in [-0.15, -0.1) is 0 Å². The topological polar surface area (TPSA) is 56.8 Å². The van der Waals surface area contributed by atoms with Crippen LogP contribution in [-0.2, 0) is 11.3 Å². The summed E-state index contributed by atoms with van der Waals surface area (Å²) in [5, 5.41) is 5.90. The second-order valence-corrected chi connectivity index (χ2v) is 7.35. The summed E-state index contributed by atoms with van der Waals surface area (Å²) in [5.41, 5.74) is 2.11. The van der Waals surface area contributed by atoms with Crippen molar-refractivity contribution in [2.45, 2.75) is 38.8 Å². The molecule has 2 fully saturated rings. The van der Waals surface area contributed by atoms with E-state index >= 15 is 0 Å². The van der Waals surface area contributed by atoms with Crippen LogP contribution < -0.4 is 10.6 Å². The van der Waals surface area contributed by atoms with Gasteiger partial charge in [0.05, 0.1) is 13.2 Å². The van der Waals surface area contributed by atoms with Crippen LogP contribution in [0.5, 0.6) is 0 Å². The number of urea groups is 1. The van der Waals surface area contributed by atoms with Gasteiger partial charge in [-0.05, 0) is 44.0 Å². The zero-order chi connectivity index (χ0) is 18.2. The number of likely N-dealkylation sites (tertiary alicyclic amines) is 1. The molecule has 2 saturated heterocycles. The summed E-state index contributed by atoms with van der Waals surface area (Å²) < 4.78 is 5.33. The molecule has 0 radical (unpaired) electrons. The van der Waals surface area contributed by atoms with Crippen molar-refractivity contribution in [3.63, 3.8) is 0 Å². The Morgan fingerprint density at radius 3 is 2.88 bits per heavy atom. The van der Waals surface area contributed by atoms with Gasteiger partial charge in [-0.3, -0.25) is 9.80 Å². The molecule has 144 valence electrons. The minimum atomic E-state index is -0.137. The minimum absolute atomic E-state index is 0.137. The van der Waals surface area contributed by atoms with E-state index in [2.05, 4.69) is 39.5 Å². The molecule has 2 amide bonds. The predicted molar refractivity (Wildman–Crippen MR) is 104 cm³/mol. The first-order chi connectivity index (χ1) is 12.7. The lowest BCUT2D eigenvalue weighted by molar-refractivity contribution is 0.0388. The average Bonchev–Trinajstić information content (AvgIpc) is 2.65. The van der Waals surface area contributed by atoms with E-state index in [1.54, 1.807) is 0 Å². The lowest BCUT2D eigenvalue weighted by Gasteiger charge is -2.33. The molecule has 0 unspecified atom stereocenters. The molecule has 1 atom stereocenters. The first-order valence-electron chi connectivity index (χ1n) is 9.88. The second-order valence-electron chi connectivity index (χ2n) is 7.35. The number of carbonyl (C=O) groups excluding carboxylic acids is 1. The molecule has 1 aromatic rings. The monoisotopic (exact) mass is 360 g/mol. The molecular weight excluding hydrogens is 328 g/mol. The molecule has 26 heavy (non-hydrogen) atoms. The number of rotatable bonds is 6. The van der Waals surface area contributed by atoms with Gasteiger partial charge in [-0.1, -0.05) is 18.6 Å². The van der Waals surface area contributed by atoms with E-state index in [4.69, 9.17) is 4.74 Å². The molecule has 2 aliphatic rings. The van der Waals surface area contributed by atoms with E-state index in [0.717, 1.165) is 45.1 Å². The SMILES string of the molecule is C[C@@H]1CCCCN1Cc1cccc(NC(=O)NCCN2CCOCC2)c1. The Kier molecular flexibility index (Phi) is 7.29. The fourth-order valence-electron chi connectivity index (χ4n) is 3.70. The maximum atomic E-state index is 12.1. The number of benzene rings is 1. The number of nitrogens with zero attached hydrogens (tertiary/aromatic N) is 2. The molecule has 0 bridgehead atoms. The van der Waals surface area contributed by atoms with E-state index < -0.39 is 0 Å². The summed E-state index contributed by atoms with van der Waals surface area (Å²) in [5.74, 6) is 0. The van der Waals surface area contributed by atoms with Crippen LogP contribution in [0.2, 0.25) is 0 Å². The quantitative estimate of drug-likeness (QED) is 0.818. The van der Waals surface area contributed by atoms with Crippen molar-refractivity contribution in [3.05, 3.63) is 29.8 Å². The maximum absolute atomic E-state index is 12.1. The van der Waals surface area contributed by atoms with Gasteiger partial charge in [0.1, 0.15) is 0 Å². The summed E-state index contributed by atoms with van der Waals surface area (Å²) in [6.45, 7) is 9.41. The van der Waals surface area contributed by atoms with Crippen molar-refractivity contribution in [3.8, 4) is 0 Å². The van der Waals surface area contributed by atoms with Gasteiger partial charge in [-0.25, -0.2) is 4.79 Å². The van der Waals surface area contributed by atoms with Gasteiger partial charge in [0, 0.05) is 44.5 Å². The Balaban J connectivity index is 1.43. The van der Waals surface area contributed by atoms with Crippen molar-refractivity contribution < 1.29 is 9.53 Å². The van der Waals surface area contributed by atoms with Crippen LogP contribution in [0.25, 0.3) is 0 Å². The highest BCUT2D eigenvalue weighted by molar-refractivity contribution is 5.89. The van der Waals surface area contributed by atoms with Crippen LogP contribution in [-0.4, -0.2) is 67.8 Å². The molecule has 3 rings (SSSR count). The summed E-state index contributed by atoms with van der Waals surface area (Å²) >= 11 is 0. The average molecular weight is 361 g/mol. The number of hydrogen-bond acceptors (Lipinski definition) is 4. The summed E-state index contributed by atoms with van der Waals surface area (Å²) in [6.07, 6.45) is 3.90. The number of amides is 2. The lowest BCUT2D eigenvalue weighted by Crippen LogP contribution is -2.42. The number of nitrogens with one attached hydrogen (secondary N) is 2. The Morgan fingerprint density at radius 2 is 2.08 bits per heavy atom. The third-order valence-electron chi connectivity index (χ3n) is 5.33. The number of carbonyl (C=O) groups is 1. The van der Waals surface area contributed by atoms with E-state index in [-0.39, 0.29) is 6.03 Å². The van der Waals surface area contributed by atoms with E-state index in [1.807, 2.05) is 12.1 Å². The number of morpholine rings is 1. The first-order valence-corrected chi connectivity index (χ1v) is 9.88. The summed E-state index contributed by atoms with van der Waals surface area (Å²) in [6, 6.07) is 8.70. The molecule has 2 heterocycles. The third kappa shape index (κ3) is 5.97. The Morgan fingerprint density at radius 1 is 1.23 bits per heavy atom. The fourth-order valence-corrected chi connectivity index (χ4v) is 3.70. The highest BCUT2D eigenvalue weighted by Crippen LogP contribution is 2.20. The van der Waals surface area contributed by atoms with Crippen molar-refractivity contribution in [1.82, 2.24) is 15.1 Å². The van der Waals surface area contributed by atoms with Crippen molar-refractivity contribution in [2.75, 3.05) is 51.3 Å². The van der Waals surface area contributed by atoms with Gasteiger partial charge < -0.3 is 15.4 Å². The Hall–Kier alpha value is -1.63. The van der Waals surface area contributed by atoms with Crippen LogP contribution in [0.1, 0.15) is 31.7 Å². The standard InChI is InChI=1S/C20H32N4O2/c1-17-5-2-3-9-24(17)16-18-6-4-7-19(15-18)22-20(25)21-8-10-23-11-13-26-14-12-23/h4,6-7,15,17H,2-3,5,8-14,16H2,1H3,(H2,21,22,25)/t17-/m1/s1. The molecule has 6 nitrogen and oxygen atoms in total. The lowest BCUT2D eigenvalue weighted by atomic mass is 10.0. The van der Waals surface area contributed by atoms with Crippen molar-refractivity contribution in [1.29, 1.82) is 0 Å². The van der Waals surface area contributed by atoms with Crippen LogP contribution in [0, 0.1) is 0 Å². The van der Waals surface area contributed by atoms with Crippen LogP contribution in [0.15, 0.2) is 24.3 Å². The van der Waals surface area contributed by atoms with Gasteiger partial charge in [0.2, 0.25) is 0 Å². The first kappa shape index (κ1) is 19.1. The van der Waals surface area contributed by atoms with Crippen LogP contribution in [0.4, 0.5) is 10.5 Å². The van der Waals surface area contributed by atoms with Crippen LogP contribution >= 0.6 is 0 Å². The van der Waals surface area contributed by atoms with E-state index in [9.17, 15) is 4.79 Å². The zero-order valence-electron chi connectivity index (χ0n) is 15.9. The smallest absolute Gasteiger partial charge is 0.319 e. The largest absolute Gasteiger partial charge is 0.379 e. The molecule has 2 aliphatic heterocycles. The maximum Gasteiger partial charge on any atom is 0.319 e. The normalized spacial score (nSPS) is 22.1. The number of hydrogen-bond donors (Lipinski definition) is 2. The molecule has 0 aliphatic carbocycles. The highest BCUT2D eigenvalue weighted by atomic mass is 16.5. The molecule has 2 N–H and O–H groups in total. The molecule has 1 aromatic carbocycles. The number of ether oxygens (including phenoxy) is 1. The molecule has 0 aromatic heterocycles. The van der Waals surface area contributed by atoms with E-state index in [1.165, 1.54) is 31.4 Å². The Labute approximate surface area is 156 Å². The van der Waals surface area contributed by atoms with E-state index in [0.29, 0.717) is 12.6 Å². The second kappa shape index (κ2) is 9.90. The highest BCUT2D eigenvalue weighted by Gasteiger charge is 2.18. The van der Waals surface area contributed by atoms with Crippen molar-refractivity contribution in [2.24, 2.45) is 0 Å². The summed E-state index contributed by atoms with van der Waals surface area (Å²) in [4.78, 5) is 17.0. The van der Waals surface area contributed by atoms with Gasteiger partial charge in [0.25, 0.3) is 0 Å². The molecule has 0 saturated carbocycles. The fraction of sp³-hybridized carbons (Fsp3) is 0.650. The van der Waals surface area contributed by atoms with Crippen molar-refractivity contribution >= 4 is 11.7 Å². The third-order valence-corrected chi connectivity index (χ3v) is 5.33. The number of anilines is 1.